The van der Waals surface area contributed by atoms with E-state index in [2.05, 4.69) is 4.99 Å². The normalized spacial score (nSPS) is 8.27. The van der Waals surface area contributed by atoms with E-state index in [1.165, 1.54) is 0 Å². The van der Waals surface area contributed by atoms with E-state index in [1.807, 2.05) is 19.0 Å². The summed E-state index contributed by atoms with van der Waals surface area (Å²) in [6.07, 6.45) is 0.360. The topological polar surface area (TPSA) is 56.5 Å². The third kappa shape index (κ3) is 9.30. The van der Waals surface area contributed by atoms with Gasteiger partial charge in [-0.1, -0.05) is 0 Å². The molecule has 0 radical (unpaired) electrons. The van der Waals surface area contributed by atoms with Gasteiger partial charge in [-0.3, -0.25) is 4.79 Å². The number of hydrogen-bond acceptors (Lipinski definition) is 3. The maximum absolute atomic E-state index is 10.6. The van der Waals surface area contributed by atoms with E-state index in [1.54, 1.807) is 6.01 Å². The molecule has 1 N–H and O–H groups in total. The summed E-state index contributed by atoms with van der Waals surface area (Å²) in [5.74, 6) is -0.288. The van der Waals surface area contributed by atoms with Crippen molar-refractivity contribution in [3.8, 4) is 0 Å². The van der Waals surface area contributed by atoms with E-state index < -0.39 is 0 Å². The van der Waals surface area contributed by atoms with Crippen molar-refractivity contribution in [2.75, 3.05) is 20.6 Å². The Hall–Kier alpha value is -0.700. The van der Waals surface area contributed by atoms with Gasteiger partial charge in [-0.15, -0.1) is 12.4 Å². The molecule has 0 atom stereocenters. The van der Waals surface area contributed by atoms with E-state index in [0.29, 0.717) is 13.0 Å². The molecule has 0 aromatic carbocycles. The summed E-state index contributed by atoms with van der Waals surface area (Å²) in [6.45, 7) is 0.671. The molecule has 0 rings (SSSR count). The minimum atomic E-state index is -0.288. The molecule has 0 unspecified atom stereocenters. The summed E-state index contributed by atoms with van der Waals surface area (Å²) < 4.78 is 0. The highest BCUT2D eigenvalue weighted by Gasteiger charge is 1.97. The lowest BCUT2D eigenvalue weighted by Crippen LogP contribution is -2.15. The quantitative estimate of drug-likeness (QED) is 0.644. The fourth-order valence-electron chi connectivity index (χ4n) is 0.438. The van der Waals surface area contributed by atoms with Crippen molar-refractivity contribution < 1.29 is 4.79 Å². The molecule has 4 nitrogen and oxygen atoms in total. The van der Waals surface area contributed by atoms with Gasteiger partial charge in [-0.25, -0.2) is 5.41 Å². The maximum Gasteiger partial charge on any atom is 0.256 e. The van der Waals surface area contributed by atoms with E-state index in [0.717, 1.165) is 0 Å². The molecular formula is C6H12ClN3O. The van der Waals surface area contributed by atoms with Crippen molar-refractivity contribution in [3.05, 3.63) is 0 Å². The van der Waals surface area contributed by atoms with Crippen molar-refractivity contribution in [3.63, 3.8) is 0 Å². The molecule has 11 heavy (non-hydrogen) atoms. The van der Waals surface area contributed by atoms with Gasteiger partial charge in [0.25, 0.3) is 5.91 Å². The molecule has 0 saturated heterocycles. The zero-order chi connectivity index (χ0) is 7.98. The molecule has 1 amide bonds. The van der Waals surface area contributed by atoms with E-state index in [-0.39, 0.29) is 18.3 Å². The number of aliphatic imine (C=N–C) groups is 1. The zero-order valence-corrected chi connectivity index (χ0v) is 7.44. The minimum Gasteiger partial charge on any atom is -0.309 e. The van der Waals surface area contributed by atoms with Crippen LogP contribution < -0.4 is 0 Å². The largest absolute Gasteiger partial charge is 0.309 e. The van der Waals surface area contributed by atoms with Crippen LogP contribution in [-0.2, 0) is 4.79 Å². The smallest absolute Gasteiger partial charge is 0.256 e. The van der Waals surface area contributed by atoms with E-state index in [4.69, 9.17) is 5.41 Å². The van der Waals surface area contributed by atoms with Crippen molar-refractivity contribution in [2.45, 2.75) is 6.42 Å². The number of carbonyl (C=O) groups is 1. The van der Waals surface area contributed by atoms with Crippen LogP contribution in [0.3, 0.4) is 0 Å². The Bertz CT molecular complexity index is 163. The van der Waals surface area contributed by atoms with Gasteiger partial charge in [-0.05, 0) is 14.1 Å². The SMILES string of the molecule is CN(C)CCC(=O)N=C=N.Cl. The van der Waals surface area contributed by atoms with Crippen molar-refractivity contribution in [2.24, 2.45) is 4.99 Å². The Labute approximate surface area is 72.2 Å². The summed E-state index contributed by atoms with van der Waals surface area (Å²) in [5.41, 5.74) is 0. The Balaban J connectivity index is 0. The van der Waals surface area contributed by atoms with Gasteiger partial charge < -0.3 is 4.90 Å². The summed E-state index contributed by atoms with van der Waals surface area (Å²) in [7, 11) is 3.75. The lowest BCUT2D eigenvalue weighted by atomic mass is 10.4. The molecule has 0 aliphatic rings. The number of rotatable bonds is 3. The first-order valence-corrected chi connectivity index (χ1v) is 2.97. The number of hydrogen-bond donors (Lipinski definition) is 1. The zero-order valence-electron chi connectivity index (χ0n) is 6.63. The maximum atomic E-state index is 10.6. The summed E-state index contributed by atoms with van der Waals surface area (Å²) in [5, 5.41) is 6.37. The molecule has 0 spiro atoms. The first kappa shape index (κ1) is 12.9. The van der Waals surface area contributed by atoms with Gasteiger partial charge >= 0.3 is 0 Å². The van der Waals surface area contributed by atoms with Gasteiger partial charge in [-0.2, -0.15) is 4.99 Å². The van der Waals surface area contributed by atoms with Crippen molar-refractivity contribution >= 4 is 24.3 Å². The number of halogens is 1. The number of amides is 1. The Morgan fingerprint density at radius 2 is 2.18 bits per heavy atom. The second kappa shape index (κ2) is 7.41. The van der Waals surface area contributed by atoms with Crippen LogP contribution in [-0.4, -0.2) is 37.5 Å². The van der Waals surface area contributed by atoms with Crippen molar-refractivity contribution in [1.29, 1.82) is 5.41 Å². The fraction of sp³-hybridized carbons (Fsp3) is 0.667. The minimum absolute atomic E-state index is 0. The second-order valence-electron chi connectivity index (χ2n) is 2.17. The molecule has 64 valence electrons. The highest BCUT2D eigenvalue weighted by Crippen LogP contribution is 1.85. The van der Waals surface area contributed by atoms with Gasteiger partial charge in [0.1, 0.15) is 0 Å². The molecule has 0 aromatic rings. The summed E-state index contributed by atoms with van der Waals surface area (Å²) in [4.78, 5) is 15.6. The third-order valence-corrected chi connectivity index (χ3v) is 0.953. The van der Waals surface area contributed by atoms with Crippen LogP contribution >= 0.6 is 12.4 Å². The van der Waals surface area contributed by atoms with Crippen LogP contribution in [0, 0.1) is 5.41 Å². The number of nitrogens with zero attached hydrogens (tertiary/aromatic N) is 2. The van der Waals surface area contributed by atoms with Crippen LogP contribution in [0.1, 0.15) is 6.42 Å². The predicted molar refractivity (Wildman–Crippen MR) is 45.6 cm³/mol. The molecule has 0 aromatic heterocycles. The second-order valence-corrected chi connectivity index (χ2v) is 2.17. The Morgan fingerprint density at radius 3 is 2.55 bits per heavy atom. The molecule has 0 fully saturated rings. The van der Waals surface area contributed by atoms with Crippen LogP contribution in [0.5, 0.6) is 0 Å². The first-order valence-electron chi connectivity index (χ1n) is 2.97. The lowest BCUT2D eigenvalue weighted by molar-refractivity contribution is -0.117. The fourth-order valence-corrected chi connectivity index (χ4v) is 0.438. The van der Waals surface area contributed by atoms with Gasteiger partial charge in [0, 0.05) is 13.0 Å². The lowest BCUT2D eigenvalue weighted by Gasteiger charge is -2.05. The molecular weight excluding hydrogens is 166 g/mol. The van der Waals surface area contributed by atoms with Crippen LogP contribution in [0.15, 0.2) is 4.99 Å². The molecule has 0 saturated carbocycles. The average Bonchev–Trinajstić information content (AvgIpc) is 1.85. The Morgan fingerprint density at radius 1 is 1.64 bits per heavy atom. The van der Waals surface area contributed by atoms with Gasteiger partial charge in [0.05, 0.1) is 6.01 Å². The molecule has 0 aliphatic heterocycles. The van der Waals surface area contributed by atoms with Crippen molar-refractivity contribution in [1.82, 2.24) is 4.90 Å². The summed E-state index contributed by atoms with van der Waals surface area (Å²) >= 11 is 0. The summed E-state index contributed by atoms with van der Waals surface area (Å²) in [6, 6.07) is 1.70. The molecule has 0 bridgehead atoms. The molecule has 5 heteroatoms. The average molecular weight is 178 g/mol. The monoisotopic (exact) mass is 177 g/mol. The van der Waals surface area contributed by atoms with Crippen LogP contribution in [0.25, 0.3) is 0 Å². The highest BCUT2D eigenvalue weighted by atomic mass is 35.5. The van der Waals surface area contributed by atoms with Crippen LogP contribution in [0.2, 0.25) is 0 Å². The molecule has 0 heterocycles. The first-order chi connectivity index (χ1) is 4.66. The standard InChI is InChI=1S/C6H11N3O.ClH/c1-9(2)4-3-6(10)8-5-7;/h7H,3-4H2,1-2H3;1H. The van der Waals surface area contributed by atoms with E-state index in [9.17, 15) is 4.79 Å². The van der Waals surface area contributed by atoms with Crippen LogP contribution in [0.4, 0.5) is 0 Å². The number of carbonyl (C=O) groups excluding carboxylic acids is 1. The third-order valence-electron chi connectivity index (χ3n) is 0.953. The number of nitrogens with one attached hydrogen (secondary N) is 1. The van der Waals surface area contributed by atoms with E-state index >= 15 is 0 Å². The van der Waals surface area contributed by atoms with Gasteiger partial charge in [0.15, 0.2) is 0 Å². The predicted octanol–water partition coefficient (Wildman–Crippen LogP) is 0.639. The highest BCUT2D eigenvalue weighted by molar-refractivity contribution is 5.85. The molecule has 0 aliphatic carbocycles. The van der Waals surface area contributed by atoms with Gasteiger partial charge in [0.2, 0.25) is 0 Å². The Kier molecular flexibility index (Phi) is 8.71.